The summed E-state index contributed by atoms with van der Waals surface area (Å²) in [6.45, 7) is 2.34. The molecule has 1 aliphatic heterocycles. The molecule has 0 aliphatic carbocycles. The van der Waals surface area contributed by atoms with Crippen molar-refractivity contribution in [3.63, 3.8) is 0 Å². The second-order valence-corrected chi connectivity index (χ2v) is 5.39. The molecule has 0 saturated heterocycles. The Balaban J connectivity index is 1.45. The predicted molar refractivity (Wildman–Crippen MR) is 84.8 cm³/mol. The predicted octanol–water partition coefficient (Wildman–Crippen LogP) is 2.01. The van der Waals surface area contributed by atoms with Crippen molar-refractivity contribution < 1.29 is 23.5 Å². The maximum absolute atomic E-state index is 12.0. The molecule has 2 amide bonds. The molecule has 0 bridgehead atoms. The van der Waals surface area contributed by atoms with Crippen molar-refractivity contribution in [3.05, 3.63) is 47.9 Å². The number of hydrogen-bond acceptors (Lipinski definition) is 5. The minimum atomic E-state index is -0.336. The zero-order chi connectivity index (χ0) is 16.9. The quantitative estimate of drug-likeness (QED) is 0.845. The van der Waals surface area contributed by atoms with Gasteiger partial charge in [-0.15, -0.1) is 0 Å². The summed E-state index contributed by atoms with van der Waals surface area (Å²) >= 11 is 0. The van der Waals surface area contributed by atoms with Gasteiger partial charge < -0.3 is 24.5 Å². The summed E-state index contributed by atoms with van der Waals surface area (Å²) in [6.07, 6.45) is 1.61. The van der Waals surface area contributed by atoms with E-state index in [2.05, 4.69) is 10.6 Å². The van der Waals surface area contributed by atoms with E-state index in [1.807, 2.05) is 25.1 Å². The van der Waals surface area contributed by atoms with Gasteiger partial charge in [0.15, 0.2) is 17.3 Å². The van der Waals surface area contributed by atoms with Gasteiger partial charge in [0, 0.05) is 13.0 Å². The number of furan rings is 1. The fraction of sp³-hybridized carbons (Fsp3) is 0.294. The van der Waals surface area contributed by atoms with E-state index >= 15 is 0 Å². The Bertz CT molecular complexity index is 727. The van der Waals surface area contributed by atoms with Crippen molar-refractivity contribution in [1.82, 2.24) is 10.6 Å². The Hall–Kier alpha value is -2.96. The molecule has 24 heavy (non-hydrogen) atoms. The molecule has 0 spiro atoms. The van der Waals surface area contributed by atoms with E-state index in [1.165, 1.54) is 6.26 Å². The minimum absolute atomic E-state index is 0.153. The van der Waals surface area contributed by atoms with Gasteiger partial charge >= 0.3 is 0 Å². The monoisotopic (exact) mass is 330 g/mol. The summed E-state index contributed by atoms with van der Waals surface area (Å²) in [7, 11) is 0. The number of nitrogens with one attached hydrogen (secondary N) is 2. The lowest BCUT2D eigenvalue weighted by Crippen LogP contribution is -2.31. The minimum Gasteiger partial charge on any atom is -0.459 e. The van der Waals surface area contributed by atoms with Crippen LogP contribution in [0.5, 0.6) is 11.5 Å². The molecule has 7 nitrogen and oxygen atoms in total. The molecule has 2 aromatic rings. The third-order valence-electron chi connectivity index (χ3n) is 3.66. The first-order valence-electron chi connectivity index (χ1n) is 7.64. The highest BCUT2D eigenvalue weighted by Crippen LogP contribution is 2.34. The van der Waals surface area contributed by atoms with Gasteiger partial charge in [-0.2, -0.15) is 0 Å². The van der Waals surface area contributed by atoms with Crippen molar-refractivity contribution >= 4 is 11.8 Å². The van der Waals surface area contributed by atoms with E-state index in [-0.39, 0.29) is 43.4 Å². The van der Waals surface area contributed by atoms with Crippen LogP contribution in [-0.4, -0.2) is 25.2 Å². The molecule has 2 heterocycles. The molecule has 1 unspecified atom stereocenters. The zero-order valence-electron chi connectivity index (χ0n) is 13.2. The van der Waals surface area contributed by atoms with Crippen LogP contribution >= 0.6 is 0 Å². The van der Waals surface area contributed by atoms with Crippen LogP contribution in [0, 0.1) is 0 Å². The summed E-state index contributed by atoms with van der Waals surface area (Å²) < 4.78 is 15.6. The summed E-state index contributed by atoms with van der Waals surface area (Å²) in [5.74, 6) is 1.12. The van der Waals surface area contributed by atoms with Crippen LogP contribution < -0.4 is 20.1 Å². The van der Waals surface area contributed by atoms with E-state index < -0.39 is 0 Å². The molecule has 0 saturated carbocycles. The molecular weight excluding hydrogens is 312 g/mol. The average molecular weight is 330 g/mol. The highest BCUT2D eigenvalue weighted by Gasteiger charge is 2.17. The SMILES string of the molecule is CC(NC(=O)CCNC(=O)c1ccco1)c1ccc2c(c1)OCO2. The van der Waals surface area contributed by atoms with Gasteiger partial charge in [0.05, 0.1) is 12.3 Å². The molecule has 1 aromatic heterocycles. The van der Waals surface area contributed by atoms with Crippen molar-refractivity contribution in [2.24, 2.45) is 0 Å². The Morgan fingerprint density at radius 3 is 2.83 bits per heavy atom. The smallest absolute Gasteiger partial charge is 0.286 e. The highest BCUT2D eigenvalue weighted by atomic mass is 16.7. The lowest BCUT2D eigenvalue weighted by molar-refractivity contribution is -0.121. The van der Waals surface area contributed by atoms with Crippen LogP contribution in [0.2, 0.25) is 0 Å². The Morgan fingerprint density at radius 2 is 2.04 bits per heavy atom. The molecule has 1 atom stereocenters. The normalized spacial score (nSPS) is 13.4. The van der Waals surface area contributed by atoms with Gasteiger partial charge in [0.2, 0.25) is 12.7 Å². The van der Waals surface area contributed by atoms with E-state index in [4.69, 9.17) is 13.9 Å². The fourth-order valence-corrected chi connectivity index (χ4v) is 2.36. The lowest BCUT2D eigenvalue weighted by atomic mass is 10.1. The van der Waals surface area contributed by atoms with Gasteiger partial charge in [0.25, 0.3) is 5.91 Å². The Kier molecular flexibility index (Phi) is 4.69. The van der Waals surface area contributed by atoms with E-state index in [0.717, 1.165) is 5.56 Å². The molecule has 1 aliphatic rings. The first-order valence-corrected chi connectivity index (χ1v) is 7.64. The number of benzene rings is 1. The summed E-state index contributed by atoms with van der Waals surface area (Å²) in [6, 6.07) is 8.59. The first-order chi connectivity index (χ1) is 11.6. The van der Waals surface area contributed by atoms with Gasteiger partial charge in [0.1, 0.15) is 0 Å². The van der Waals surface area contributed by atoms with Crippen LogP contribution in [0.3, 0.4) is 0 Å². The van der Waals surface area contributed by atoms with Crippen LogP contribution in [0.1, 0.15) is 35.5 Å². The second kappa shape index (κ2) is 7.08. The van der Waals surface area contributed by atoms with Gasteiger partial charge in [-0.3, -0.25) is 9.59 Å². The van der Waals surface area contributed by atoms with E-state index in [9.17, 15) is 9.59 Å². The Morgan fingerprint density at radius 1 is 1.21 bits per heavy atom. The third kappa shape index (κ3) is 3.68. The molecule has 2 N–H and O–H groups in total. The number of fused-ring (bicyclic) bond motifs is 1. The molecule has 1 aromatic carbocycles. The topological polar surface area (TPSA) is 89.8 Å². The van der Waals surface area contributed by atoms with Crippen molar-refractivity contribution in [2.75, 3.05) is 13.3 Å². The number of carbonyl (C=O) groups excluding carboxylic acids is 2. The van der Waals surface area contributed by atoms with Crippen LogP contribution in [-0.2, 0) is 4.79 Å². The van der Waals surface area contributed by atoms with Crippen LogP contribution in [0.4, 0.5) is 0 Å². The molecule has 7 heteroatoms. The first kappa shape index (κ1) is 15.9. The second-order valence-electron chi connectivity index (χ2n) is 5.39. The van der Waals surface area contributed by atoms with E-state index in [0.29, 0.717) is 11.5 Å². The number of hydrogen-bond donors (Lipinski definition) is 2. The zero-order valence-corrected chi connectivity index (χ0v) is 13.2. The van der Waals surface area contributed by atoms with Crippen molar-refractivity contribution in [3.8, 4) is 11.5 Å². The number of carbonyl (C=O) groups is 2. The van der Waals surface area contributed by atoms with Crippen molar-refractivity contribution in [2.45, 2.75) is 19.4 Å². The summed E-state index contributed by atoms with van der Waals surface area (Å²) in [4.78, 5) is 23.7. The number of amides is 2. The average Bonchev–Trinajstić information content (AvgIpc) is 3.25. The standard InChI is InChI=1S/C17H18N2O5/c1-11(12-4-5-13-15(9-12)24-10-23-13)19-16(20)6-7-18-17(21)14-3-2-8-22-14/h2-5,8-9,11H,6-7,10H2,1H3,(H,18,21)(H,19,20). The molecule has 3 rings (SSSR count). The number of ether oxygens (including phenoxy) is 2. The third-order valence-corrected chi connectivity index (χ3v) is 3.66. The summed E-state index contributed by atoms with van der Waals surface area (Å²) in [5.41, 5.74) is 0.923. The Labute approximate surface area is 138 Å². The molecule has 0 radical (unpaired) electrons. The number of rotatable bonds is 6. The largest absolute Gasteiger partial charge is 0.459 e. The highest BCUT2D eigenvalue weighted by molar-refractivity contribution is 5.91. The maximum atomic E-state index is 12.0. The summed E-state index contributed by atoms with van der Waals surface area (Å²) in [5, 5.41) is 5.52. The van der Waals surface area contributed by atoms with Gasteiger partial charge in [-0.1, -0.05) is 6.07 Å². The lowest BCUT2D eigenvalue weighted by Gasteiger charge is -2.15. The maximum Gasteiger partial charge on any atom is 0.286 e. The van der Waals surface area contributed by atoms with E-state index in [1.54, 1.807) is 12.1 Å². The van der Waals surface area contributed by atoms with Crippen molar-refractivity contribution in [1.29, 1.82) is 0 Å². The fourth-order valence-electron chi connectivity index (χ4n) is 2.36. The van der Waals surface area contributed by atoms with Crippen LogP contribution in [0.25, 0.3) is 0 Å². The molecule has 126 valence electrons. The molecular formula is C17H18N2O5. The molecule has 0 fully saturated rings. The van der Waals surface area contributed by atoms with Gasteiger partial charge in [-0.05, 0) is 36.8 Å². The van der Waals surface area contributed by atoms with Gasteiger partial charge in [-0.25, -0.2) is 0 Å². The van der Waals surface area contributed by atoms with Crippen LogP contribution in [0.15, 0.2) is 41.0 Å².